The second-order valence-corrected chi connectivity index (χ2v) is 4.52. The first kappa shape index (κ1) is 14.8. The lowest BCUT2D eigenvalue weighted by molar-refractivity contribution is 0.0393. The number of aromatic nitrogens is 2. The Labute approximate surface area is 119 Å². The second-order valence-electron chi connectivity index (χ2n) is 4.52. The van der Waals surface area contributed by atoms with Gasteiger partial charge in [0, 0.05) is 6.54 Å². The summed E-state index contributed by atoms with van der Waals surface area (Å²) in [6.45, 7) is 3.36. The van der Waals surface area contributed by atoms with Gasteiger partial charge >= 0.3 is 0 Å². The summed E-state index contributed by atoms with van der Waals surface area (Å²) in [7, 11) is 3.12. The van der Waals surface area contributed by atoms with Gasteiger partial charge in [-0.2, -0.15) is 9.97 Å². The van der Waals surface area contributed by atoms with Gasteiger partial charge in [-0.1, -0.05) is 0 Å². The van der Waals surface area contributed by atoms with Crippen LogP contribution >= 0.6 is 0 Å². The molecule has 0 saturated carbocycles. The van der Waals surface area contributed by atoms with Crippen molar-refractivity contribution in [2.45, 2.75) is 18.9 Å². The fourth-order valence-electron chi connectivity index (χ4n) is 2.04. The Bertz CT molecular complexity index is 388. The van der Waals surface area contributed by atoms with E-state index in [4.69, 9.17) is 14.2 Å². The molecule has 0 aromatic carbocycles. The molecule has 0 radical (unpaired) electrons. The van der Waals surface area contributed by atoms with Crippen molar-refractivity contribution in [3.8, 4) is 11.8 Å². The third-order valence-corrected chi connectivity index (χ3v) is 3.12. The van der Waals surface area contributed by atoms with Crippen molar-refractivity contribution >= 4 is 5.95 Å². The lowest BCUT2D eigenvalue weighted by Crippen LogP contribution is -2.33. The van der Waals surface area contributed by atoms with E-state index in [0.29, 0.717) is 37.0 Å². The third-order valence-electron chi connectivity index (χ3n) is 3.12. The molecule has 0 aliphatic carbocycles. The van der Waals surface area contributed by atoms with Gasteiger partial charge in [-0.25, -0.2) is 0 Å². The molecule has 0 spiro atoms. The number of nitrogens with one attached hydrogen (secondary N) is 2. The second kappa shape index (κ2) is 7.86. The smallest absolute Gasteiger partial charge is 0.229 e. The molecule has 1 aromatic heterocycles. The average molecular weight is 282 g/mol. The lowest BCUT2D eigenvalue weighted by atomic mass is 10.1. The maximum absolute atomic E-state index is 5.80. The molecule has 1 fully saturated rings. The van der Waals surface area contributed by atoms with Crippen molar-refractivity contribution < 1.29 is 14.2 Å². The molecule has 0 bridgehead atoms. The largest absolute Gasteiger partial charge is 0.481 e. The van der Waals surface area contributed by atoms with Gasteiger partial charge in [0.15, 0.2) is 0 Å². The van der Waals surface area contributed by atoms with Crippen LogP contribution < -0.4 is 20.1 Å². The number of methoxy groups -OCH3 is 2. The van der Waals surface area contributed by atoms with E-state index in [1.54, 1.807) is 20.3 Å². The highest BCUT2D eigenvalue weighted by molar-refractivity contribution is 5.33. The number of nitrogens with zero attached hydrogens (tertiary/aromatic N) is 2. The van der Waals surface area contributed by atoms with Crippen LogP contribution in [-0.2, 0) is 4.74 Å². The summed E-state index contributed by atoms with van der Waals surface area (Å²) in [5.41, 5.74) is 0. The molecule has 112 valence electrons. The Morgan fingerprint density at radius 1 is 1.20 bits per heavy atom. The molecule has 7 nitrogen and oxygen atoms in total. The summed E-state index contributed by atoms with van der Waals surface area (Å²) in [6, 6.07) is 1.64. The van der Waals surface area contributed by atoms with Crippen LogP contribution in [0.3, 0.4) is 0 Å². The predicted octanol–water partition coefficient (Wildman–Crippen LogP) is 0.674. The summed E-state index contributed by atoms with van der Waals surface area (Å²) in [4.78, 5) is 8.39. The van der Waals surface area contributed by atoms with Crippen LogP contribution in [0.25, 0.3) is 0 Å². The van der Waals surface area contributed by atoms with E-state index in [2.05, 4.69) is 20.6 Å². The van der Waals surface area contributed by atoms with E-state index in [9.17, 15) is 0 Å². The Balaban J connectivity index is 1.75. The standard InChI is InChI=1S/C13H22N4O3/c1-18-11-9-12(19-2)17-13(16-11)15-7-8-20-10-3-5-14-6-4-10/h9-10,14H,3-8H2,1-2H3,(H,15,16,17). The number of ether oxygens (including phenoxy) is 3. The SMILES string of the molecule is COc1cc(OC)nc(NCCOC2CCNCC2)n1. The highest BCUT2D eigenvalue weighted by atomic mass is 16.5. The van der Waals surface area contributed by atoms with Crippen LogP contribution in [-0.4, -0.2) is 56.5 Å². The van der Waals surface area contributed by atoms with Crippen molar-refractivity contribution in [2.24, 2.45) is 0 Å². The minimum absolute atomic E-state index is 0.360. The van der Waals surface area contributed by atoms with Crippen molar-refractivity contribution in [3.05, 3.63) is 6.07 Å². The van der Waals surface area contributed by atoms with Gasteiger partial charge in [0.1, 0.15) is 0 Å². The van der Waals surface area contributed by atoms with Crippen molar-refractivity contribution in [1.29, 1.82) is 0 Å². The van der Waals surface area contributed by atoms with Gasteiger partial charge in [-0.3, -0.25) is 0 Å². The maximum Gasteiger partial charge on any atom is 0.229 e. The molecule has 0 amide bonds. The Hall–Kier alpha value is -1.60. The van der Waals surface area contributed by atoms with Crippen LogP contribution in [0.15, 0.2) is 6.07 Å². The molecule has 0 atom stereocenters. The number of hydrogen-bond acceptors (Lipinski definition) is 7. The molecule has 2 N–H and O–H groups in total. The summed E-state index contributed by atoms with van der Waals surface area (Å²) >= 11 is 0. The van der Waals surface area contributed by atoms with E-state index >= 15 is 0 Å². The first-order valence-corrected chi connectivity index (χ1v) is 6.85. The Kier molecular flexibility index (Phi) is 5.82. The quantitative estimate of drug-likeness (QED) is 0.712. The predicted molar refractivity (Wildman–Crippen MR) is 75.5 cm³/mol. The molecule has 1 aromatic rings. The topological polar surface area (TPSA) is 77.5 Å². The van der Waals surface area contributed by atoms with Gasteiger partial charge in [0.05, 0.1) is 33.0 Å². The van der Waals surface area contributed by atoms with Crippen molar-refractivity contribution in [1.82, 2.24) is 15.3 Å². The van der Waals surface area contributed by atoms with E-state index < -0.39 is 0 Å². The zero-order valence-corrected chi connectivity index (χ0v) is 12.0. The number of hydrogen-bond donors (Lipinski definition) is 2. The van der Waals surface area contributed by atoms with Crippen LogP contribution in [0.2, 0.25) is 0 Å². The highest BCUT2D eigenvalue weighted by Gasteiger charge is 2.12. The molecule has 1 aliphatic heterocycles. The van der Waals surface area contributed by atoms with Gasteiger partial charge < -0.3 is 24.8 Å². The molecular weight excluding hydrogens is 260 g/mol. The summed E-state index contributed by atoms with van der Waals surface area (Å²) in [5, 5.41) is 6.42. The van der Waals surface area contributed by atoms with Crippen molar-refractivity contribution in [2.75, 3.05) is 45.8 Å². The minimum Gasteiger partial charge on any atom is -0.481 e. The van der Waals surface area contributed by atoms with Crippen LogP contribution in [0.5, 0.6) is 11.8 Å². The molecule has 20 heavy (non-hydrogen) atoms. The van der Waals surface area contributed by atoms with Crippen LogP contribution in [0.1, 0.15) is 12.8 Å². The molecule has 2 heterocycles. The van der Waals surface area contributed by atoms with Crippen molar-refractivity contribution in [3.63, 3.8) is 0 Å². The van der Waals surface area contributed by atoms with Gasteiger partial charge in [-0.05, 0) is 25.9 Å². The fraction of sp³-hybridized carbons (Fsp3) is 0.692. The average Bonchev–Trinajstić information content (AvgIpc) is 2.52. The van der Waals surface area contributed by atoms with E-state index in [1.165, 1.54) is 0 Å². The summed E-state index contributed by atoms with van der Waals surface area (Å²) < 4.78 is 16.0. The fourth-order valence-corrected chi connectivity index (χ4v) is 2.04. The first-order valence-electron chi connectivity index (χ1n) is 6.85. The zero-order valence-electron chi connectivity index (χ0n) is 12.0. The molecule has 1 saturated heterocycles. The summed E-state index contributed by atoms with van der Waals surface area (Å²) in [5.74, 6) is 1.42. The van der Waals surface area contributed by atoms with E-state index in [1.807, 2.05) is 0 Å². The minimum atomic E-state index is 0.360. The monoisotopic (exact) mass is 282 g/mol. The molecule has 1 aliphatic rings. The third kappa shape index (κ3) is 4.50. The summed E-state index contributed by atoms with van der Waals surface area (Å²) in [6.07, 6.45) is 2.51. The molecule has 0 unspecified atom stereocenters. The number of piperidine rings is 1. The molecular formula is C13H22N4O3. The van der Waals surface area contributed by atoms with Gasteiger partial charge in [-0.15, -0.1) is 0 Å². The Morgan fingerprint density at radius 2 is 1.85 bits per heavy atom. The van der Waals surface area contributed by atoms with Crippen LogP contribution in [0.4, 0.5) is 5.95 Å². The van der Waals surface area contributed by atoms with Crippen LogP contribution in [0, 0.1) is 0 Å². The van der Waals surface area contributed by atoms with E-state index in [0.717, 1.165) is 25.9 Å². The Morgan fingerprint density at radius 3 is 2.45 bits per heavy atom. The number of rotatable bonds is 7. The highest BCUT2D eigenvalue weighted by Crippen LogP contribution is 2.17. The zero-order chi connectivity index (χ0) is 14.2. The van der Waals surface area contributed by atoms with Gasteiger partial charge in [0.25, 0.3) is 0 Å². The lowest BCUT2D eigenvalue weighted by Gasteiger charge is -2.22. The normalized spacial score (nSPS) is 15.9. The first-order chi connectivity index (χ1) is 9.81. The van der Waals surface area contributed by atoms with E-state index in [-0.39, 0.29) is 0 Å². The molecule has 2 rings (SSSR count). The number of anilines is 1. The maximum atomic E-state index is 5.80. The molecule has 7 heteroatoms. The van der Waals surface area contributed by atoms with Gasteiger partial charge in [0.2, 0.25) is 17.7 Å².